The molecule has 2 aromatic heterocycles. The summed E-state index contributed by atoms with van der Waals surface area (Å²) in [6.45, 7) is 3.32. The highest BCUT2D eigenvalue weighted by Crippen LogP contribution is 2.35. The summed E-state index contributed by atoms with van der Waals surface area (Å²) in [5.74, 6) is 3.10. The van der Waals surface area contributed by atoms with Gasteiger partial charge in [0.25, 0.3) is 0 Å². The van der Waals surface area contributed by atoms with E-state index in [1.165, 1.54) is 32.1 Å². The standard InChI is InChI=1S/C24H30N6O/c31-23(18-11-12-18)28-13-6-14-29(16-15-28)24-25-20-10-5-4-9-19(20)22-27-26-21(30(22)24)17-7-2-1-3-8-17/h4-5,9-10,17-18H,1-3,6-8,11-16H2. The summed E-state index contributed by atoms with van der Waals surface area (Å²) < 4.78 is 2.23. The van der Waals surface area contributed by atoms with Crippen LogP contribution in [0.5, 0.6) is 0 Å². The number of aromatic nitrogens is 4. The van der Waals surface area contributed by atoms with Crippen molar-refractivity contribution < 1.29 is 4.79 Å². The van der Waals surface area contributed by atoms with E-state index in [1.807, 2.05) is 12.1 Å². The van der Waals surface area contributed by atoms with Gasteiger partial charge in [-0.1, -0.05) is 31.4 Å². The number of nitrogens with zero attached hydrogens (tertiary/aromatic N) is 6. The van der Waals surface area contributed by atoms with Gasteiger partial charge in [0.05, 0.1) is 5.52 Å². The first-order valence-corrected chi connectivity index (χ1v) is 12.0. The number of para-hydroxylation sites is 1. The third-order valence-corrected chi connectivity index (χ3v) is 7.24. The van der Waals surface area contributed by atoms with Crippen molar-refractivity contribution in [3.8, 4) is 0 Å². The van der Waals surface area contributed by atoms with Crippen molar-refractivity contribution in [3.05, 3.63) is 30.1 Å². The first-order chi connectivity index (χ1) is 15.3. The highest BCUT2D eigenvalue weighted by molar-refractivity contribution is 5.92. The molecule has 3 heterocycles. The summed E-state index contributed by atoms with van der Waals surface area (Å²) in [4.78, 5) is 22.2. The minimum Gasteiger partial charge on any atom is -0.341 e. The van der Waals surface area contributed by atoms with Crippen molar-refractivity contribution in [1.82, 2.24) is 24.5 Å². The molecule has 0 radical (unpaired) electrons. The number of amides is 1. The Morgan fingerprint density at radius 1 is 0.871 bits per heavy atom. The van der Waals surface area contributed by atoms with Crippen LogP contribution in [0.3, 0.4) is 0 Å². The third-order valence-electron chi connectivity index (χ3n) is 7.24. The quantitative estimate of drug-likeness (QED) is 0.648. The molecule has 3 aliphatic rings. The lowest BCUT2D eigenvalue weighted by Crippen LogP contribution is -2.36. The lowest BCUT2D eigenvalue weighted by atomic mass is 9.89. The summed E-state index contributed by atoms with van der Waals surface area (Å²) >= 11 is 0. The normalized spacial score (nSPS) is 21.0. The van der Waals surface area contributed by atoms with Gasteiger partial charge in [0.1, 0.15) is 5.82 Å². The van der Waals surface area contributed by atoms with Gasteiger partial charge in [0.2, 0.25) is 11.9 Å². The maximum absolute atomic E-state index is 12.6. The number of carbonyl (C=O) groups is 1. The zero-order chi connectivity index (χ0) is 20.8. The fraction of sp³-hybridized carbons (Fsp3) is 0.583. The van der Waals surface area contributed by atoms with E-state index in [4.69, 9.17) is 10.1 Å². The highest BCUT2D eigenvalue weighted by atomic mass is 16.2. The monoisotopic (exact) mass is 418 g/mol. The van der Waals surface area contributed by atoms with Crippen LogP contribution >= 0.6 is 0 Å². The molecule has 7 heteroatoms. The van der Waals surface area contributed by atoms with Crippen molar-refractivity contribution in [3.63, 3.8) is 0 Å². The topological polar surface area (TPSA) is 66.6 Å². The smallest absolute Gasteiger partial charge is 0.225 e. The van der Waals surface area contributed by atoms with E-state index in [1.54, 1.807) is 0 Å². The third kappa shape index (κ3) is 3.44. The Balaban J connectivity index is 1.41. The number of hydrogen-bond donors (Lipinski definition) is 0. The van der Waals surface area contributed by atoms with Crippen LogP contribution in [0.25, 0.3) is 16.6 Å². The molecule has 1 saturated heterocycles. The molecular weight excluding hydrogens is 388 g/mol. The molecular formula is C24H30N6O. The lowest BCUT2D eigenvalue weighted by molar-refractivity contribution is -0.132. The van der Waals surface area contributed by atoms with Crippen molar-refractivity contribution in [1.29, 1.82) is 0 Å². The summed E-state index contributed by atoms with van der Waals surface area (Å²) in [5, 5.41) is 10.4. The van der Waals surface area contributed by atoms with Gasteiger partial charge in [-0.25, -0.2) is 9.38 Å². The average Bonchev–Trinajstić information content (AvgIpc) is 3.61. The molecule has 0 bridgehead atoms. The molecule has 3 aromatic rings. The number of anilines is 1. The molecule has 0 unspecified atom stereocenters. The number of benzene rings is 1. The van der Waals surface area contributed by atoms with Gasteiger partial charge in [-0.3, -0.25) is 4.79 Å². The molecule has 3 fully saturated rings. The van der Waals surface area contributed by atoms with E-state index < -0.39 is 0 Å². The molecule has 31 heavy (non-hydrogen) atoms. The van der Waals surface area contributed by atoms with Crippen LogP contribution in [0.15, 0.2) is 24.3 Å². The minimum atomic E-state index is 0.285. The Bertz CT molecular complexity index is 1110. The van der Waals surface area contributed by atoms with Crippen LogP contribution in [0, 0.1) is 5.92 Å². The van der Waals surface area contributed by atoms with Gasteiger partial charge < -0.3 is 9.80 Å². The predicted molar refractivity (Wildman–Crippen MR) is 120 cm³/mol. The van der Waals surface area contributed by atoms with Crippen molar-refractivity contribution >= 4 is 28.4 Å². The average molecular weight is 419 g/mol. The van der Waals surface area contributed by atoms with E-state index in [9.17, 15) is 4.79 Å². The van der Waals surface area contributed by atoms with E-state index in [2.05, 4.69) is 31.4 Å². The van der Waals surface area contributed by atoms with Crippen LogP contribution in [0.4, 0.5) is 5.95 Å². The first kappa shape index (κ1) is 19.0. The van der Waals surface area contributed by atoms with E-state index >= 15 is 0 Å². The van der Waals surface area contributed by atoms with Crippen LogP contribution in [-0.2, 0) is 4.79 Å². The molecule has 0 spiro atoms. The summed E-state index contributed by atoms with van der Waals surface area (Å²) in [6, 6.07) is 8.24. The lowest BCUT2D eigenvalue weighted by Gasteiger charge is -2.26. The summed E-state index contributed by atoms with van der Waals surface area (Å²) in [6.07, 6.45) is 9.30. The second-order valence-corrected chi connectivity index (χ2v) is 9.42. The number of rotatable bonds is 3. The van der Waals surface area contributed by atoms with E-state index in [0.717, 1.165) is 73.8 Å². The molecule has 7 nitrogen and oxygen atoms in total. The van der Waals surface area contributed by atoms with Gasteiger partial charge in [-0.15, -0.1) is 10.2 Å². The van der Waals surface area contributed by atoms with Crippen LogP contribution < -0.4 is 4.90 Å². The summed E-state index contributed by atoms with van der Waals surface area (Å²) in [5.41, 5.74) is 1.87. The Morgan fingerprint density at radius 2 is 1.71 bits per heavy atom. The fourth-order valence-electron chi connectivity index (χ4n) is 5.35. The van der Waals surface area contributed by atoms with E-state index in [0.29, 0.717) is 11.8 Å². The fourth-order valence-corrected chi connectivity index (χ4v) is 5.35. The van der Waals surface area contributed by atoms with Gasteiger partial charge in [-0.05, 0) is 44.2 Å². The number of hydrogen-bond acceptors (Lipinski definition) is 5. The molecule has 162 valence electrons. The highest BCUT2D eigenvalue weighted by Gasteiger charge is 2.34. The zero-order valence-electron chi connectivity index (χ0n) is 18.0. The molecule has 0 N–H and O–H groups in total. The second-order valence-electron chi connectivity index (χ2n) is 9.42. The number of carbonyl (C=O) groups excluding carboxylic acids is 1. The van der Waals surface area contributed by atoms with Crippen LogP contribution in [0.1, 0.15) is 63.1 Å². The molecule has 2 saturated carbocycles. The largest absolute Gasteiger partial charge is 0.341 e. The minimum absolute atomic E-state index is 0.285. The van der Waals surface area contributed by atoms with Crippen molar-refractivity contribution in [2.24, 2.45) is 5.92 Å². The maximum Gasteiger partial charge on any atom is 0.225 e. The predicted octanol–water partition coefficient (Wildman–Crippen LogP) is 3.77. The Hall–Kier alpha value is -2.70. The molecule has 1 aromatic carbocycles. The zero-order valence-corrected chi connectivity index (χ0v) is 18.0. The Labute approximate surface area is 182 Å². The van der Waals surface area contributed by atoms with E-state index in [-0.39, 0.29) is 5.92 Å². The molecule has 6 rings (SSSR count). The molecule has 2 aliphatic carbocycles. The SMILES string of the molecule is O=C(C1CC1)N1CCCN(c2nc3ccccc3c3nnc(C4CCCCC4)n23)CC1. The summed E-state index contributed by atoms with van der Waals surface area (Å²) in [7, 11) is 0. The van der Waals surface area contributed by atoms with Crippen molar-refractivity contribution in [2.45, 2.75) is 57.3 Å². The van der Waals surface area contributed by atoms with Crippen LogP contribution in [0.2, 0.25) is 0 Å². The first-order valence-electron chi connectivity index (χ1n) is 12.0. The Kier molecular flexibility index (Phi) is 4.77. The number of fused-ring (bicyclic) bond motifs is 3. The van der Waals surface area contributed by atoms with Gasteiger partial charge in [0, 0.05) is 43.4 Å². The van der Waals surface area contributed by atoms with Gasteiger partial charge in [-0.2, -0.15) is 0 Å². The van der Waals surface area contributed by atoms with Gasteiger partial charge >= 0.3 is 0 Å². The second kappa shape index (κ2) is 7.77. The van der Waals surface area contributed by atoms with Crippen molar-refractivity contribution in [2.75, 3.05) is 31.1 Å². The maximum atomic E-state index is 12.6. The molecule has 1 amide bonds. The van der Waals surface area contributed by atoms with Gasteiger partial charge in [0.15, 0.2) is 5.65 Å². The van der Waals surface area contributed by atoms with Crippen LogP contribution in [-0.4, -0.2) is 56.6 Å². The molecule has 1 aliphatic heterocycles. The Morgan fingerprint density at radius 3 is 2.55 bits per heavy atom. The molecule has 0 atom stereocenters.